The molecule has 0 aliphatic heterocycles. The van der Waals surface area contributed by atoms with E-state index < -0.39 is 11.9 Å². The van der Waals surface area contributed by atoms with Crippen LogP contribution >= 0.6 is 0 Å². The van der Waals surface area contributed by atoms with Gasteiger partial charge in [0.25, 0.3) is 0 Å². The summed E-state index contributed by atoms with van der Waals surface area (Å²) < 4.78 is 14.9. The molecule has 2 aromatic heterocycles. The van der Waals surface area contributed by atoms with Crippen LogP contribution in [-0.4, -0.2) is 35.9 Å². The number of aromatic nitrogens is 2. The van der Waals surface area contributed by atoms with Crippen LogP contribution < -0.4 is 0 Å². The molecule has 0 spiro atoms. The van der Waals surface area contributed by atoms with E-state index in [1.54, 1.807) is 26.0 Å². The second-order valence-corrected chi connectivity index (χ2v) is 4.07. The van der Waals surface area contributed by atoms with Crippen LogP contribution in [0, 0.1) is 6.92 Å². The Labute approximate surface area is 120 Å². The summed E-state index contributed by atoms with van der Waals surface area (Å²) in [6.07, 6.45) is 1.43. The van der Waals surface area contributed by atoms with Gasteiger partial charge in [0.15, 0.2) is 5.76 Å². The largest absolute Gasteiger partial charge is 0.465 e. The first kappa shape index (κ1) is 14.7. The van der Waals surface area contributed by atoms with Crippen molar-refractivity contribution in [3.05, 3.63) is 35.2 Å². The van der Waals surface area contributed by atoms with Crippen molar-refractivity contribution in [2.45, 2.75) is 13.8 Å². The fourth-order valence-corrected chi connectivity index (χ4v) is 1.86. The Kier molecular flexibility index (Phi) is 4.32. The van der Waals surface area contributed by atoms with Crippen molar-refractivity contribution in [3.8, 4) is 11.5 Å². The van der Waals surface area contributed by atoms with E-state index in [-0.39, 0.29) is 29.1 Å². The molecular formula is C14H14N2O5. The molecule has 0 fully saturated rings. The molecule has 0 atom stereocenters. The SMILES string of the molecule is CCOC(=O)c1c(-c2ccco2)nnc(C)c1C(=O)OC. The Hall–Kier alpha value is -2.70. The van der Waals surface area contributed by atoms with Crippen molar-refractivity contribution >= 4 is 11.9 Å². The summed E-state index contributed by atoms with van der Waals surface area (Å²) in [4.78, 5) is 24.2. The molecule has 2 rings (SSSR count). The highest BCUT2D eigenvalue weighted by Crippen LogP contribution is 2.26. The molecule has 0 aromatic carbocycles. The molecule has 0 bridgehead atoms. The first-order valence-electron chi connectivity index (χ1n) is 6.26. The molecule has 0 aliphatic rings. The van der Waals surface area contributed by atoms with Crippen LogP contribution in [0.2, 0.25) is 0 Å². The van der Waals surface area contributed by atoms with Gasteiger partial charge in [-0.15, -0.1) is 5.10 Å². The number of carbonyl (C=O) groups is 2. The molecule has 2 aromatic rings. The second kappa shape index (κ2) is 6.17. The molecule has 21 heavy (non-hydrogen) atoms. The molecule has 7 heteroatoms. The van der Waals surface area contributed by atoms with Crippen molar-refractivity contribution in [1.29, 1.82) is 0 Å². The van der Waals surface area contributed by atoms with Gasteiger partial charge < -0.3 is 13.9 Å². The lowest BCUT2D eigenvalue weighted by Gasteiger charge is -2.11. The topological polar surface area (TPSA) is 91.5 Å². The molecule has 0 radical (unpaired) electrons. The fraction of sp³-hybridized carbons (Fsp3) is 0.286. The van der Waals surface area contributed by atoms with Crippen LogP contribution in [0.15, 0.2) is 22.8 Å². The van der Waals surface area contributed by atoms with E-state index in [1.807, 2.05) is 0 Å². The van der Waals surface area contributed by atoms with Gasteiger partial charge in [-0.1, -0.05) is 0 Å². The number of rotatable bonds is 4. The summed E-state index contributed by atoms with van der Waals surface area (Å²) in [6.45, 7) is 3.40. The van der Waals surface area contributed by atoms with Crippen LogP contribution in [0.25, 0.3) is 11.5 Å². The average Bonchev–Trinajstić information content (AvgIpc) is 3.00. The molecular weight excluding hydrogens is 276 g/mol. The number of methoxy groups -OCH3 is 1. The third kappa shape index (κ3) is 2.76. The highest BCUT2D eigenvalue weighted by Gasteiger charge is 2.28. The van der Waals surface area contributed by atoms with Gasteiger partial charge in [0, 0.05) is 0 Å². The monoisotopic (exact) mass is 290 g/mol. The minimum Gasteiger partial charge on any atom is -0.465 e. The quantitative estimate of drug-likeness (QED) is 0.795. The summed E-state index contributed by atoms with van der Waals surface area (Å²) in [5.41, 5.74) is 0.438. The number of carbonyl (C=O) groups excluding carboxylic acids is 2. The van der Waals surface area contributed by atoms with E-state index in [0.29, 0.717) is 5.76 Å². The molecule has 2 heterocycles. The van der Waals surface area contributed by atoms with E-state index in [9.17, 15) is 9.59 Å². The Morgan fingerprint density at radius 3 is 2.57 bits per heavy atom. The highest BCUT2D eigenvalue weighted by molar-refractivity contribution is 6.07. The number of furan rings is 1. The van der Waals surface area contributed by atoms with Crippen LogP contribution in [0.1, 0.15) is 33.3 Å². The van der Waals surface area contributed by atoms with Gasteiger partial charge in [-0.3, -0.25) is 0 Å². The van der Waals surface area contributed by atoms with E-state index in [0.717, 1.165) is 0 Å². The third-order valence-electron chi connectivity index (χ3n) is 2.77. The van der Waals surface area contributed by atoms with Crippen LogP contribution in [-0.2, 0) is 9.47 Å². The zero-order valence-corrected chi connectivity index (χ0v) is 11.9. The molecule has 0 unspecified atom stereocenters. The summed E-state index contributed by atoms with van der Waals surface area (Å²) in [5, 5.41) is 7.84. The van der Waals surface area contributed by atoms with Crippen molar-refractivity contribution in [2.75, 3.05) is 13.7 Å². The van der Waals surface area contributed by atoms with E-state index >= 15 is 0 Å². The number of hydrogen-bond donors (Lipinski definition) is 0. The van der Waals surface area contributed by atoms with Gasteiger partial charge in [-0.05, 0) is 26.0 Å². The van der Waals surface area contributed by atoms with Crippen LogP contribution in [0.3, 0.4) is 0 Å². The fourth-order valence-electron chi connectivity index (χ4n) is 1.86. The van der Waals surface area contributed by atoms with Crippen molar-refractivity contribution in [1.82, 2.24) is 10.2 Å². The lowest BCUT2D eigenvalue weighted by atomic mass is 10.0. The van der Waals surface area contributed by atoms with Gasteiger partial charge >= 0.3 is 11.9 Å². The van der Waals surface area contributed by atoms with Gasteiger partial charge in [-0.2, -0.15) is 5.10 Å². The normalized spacial score (nSPS) is 10.2. The number of hydrogen-bond acceptors (Lipinski definition) is 7. The number of aryl methyl sites for hydroxylation is 1. The van der Waals surface area contributed by atoms with E-state index in [1.165, 1.54) is 13.4 Å². The molecule has 0 saturated heterocycles. The molecule has 0 aliphatic carbocycles. The van der Waals surface area contributed by atoms with Gasteiger partial charge in [0.1, 0.15) is 11.3 Å². The van der Waals surface area contributed by atoms with E-state index in [4.69, 9.17) is 13.9 Å². The third-order valence-corrected chi connectivity index (χ3v) is 2.77. The number of ether oxygens (including phenoxy) is 2. The predicted octanol–water partition coefficient (Wildman–Crippen LogP) is 2.01. The average molecular weight is 290 g/mol. The van der Waals surface area contributed by atoms with E-state index in [2.05, 4.69) is 10.2 Å². The minimum absolute atomic E-state index is 0.00819. The molecule has 7 nitrogen and oxygen atoms in total. The summed E-state index contributed by atoms with van der Waals surface area (Å²) in [6, 6.07) is 3.26. The molecule has 0 amide bonds. The first-order valence-corrected chi connectivity index (χ1v) is 6.26. The highest BCUT2D eigenvalue weighted by atomic mass is 16.5. The lowest BCUT2D eigenvalue weighted by molar-refractivity contribution is 0.0503. The summed E-state index contributed by atoms with van der Waals surface area (Å²) in [5.74, 6) is -1.05. The lowest BCUT2D eigenvalue weighted by Crippen LogP contribution is -2.18. The Morgan fingerprint density at radius 2 is 2.00 bits per heavy atom. The Morgan fingerprint density at radius 1 is 1.24 bits per heavy atom. The summed E-state index contributed by atoms with van der Waals surface area (Å²) >= 11 is 0. The maximum atomic E-state index is 12.2. The molecule has 0 N–H and O–H groups in total. The van der Waals surface area contributed by atoms with Crippen LogP contribution in [0.5, 0.6) is 0 Å². The van der Waals surface area contributed by atoms with Gasteiger partial charge in [0.2, 0.25) is 0 Å². The predicted molar refractivity (Wildman–Crippen MR) is 71.8 cm³/mol. The number of nitrogens with zero attached hydrogens (tertiary/aromatic N) is 2. The summed E-state index contributed by atoms with van der Waals surface area (Å²) in [7, 11) is 1.23. The van der Waals surface area contributed by atoms with Crippen molar-refractivity contribution in [3.63, 3.8) is 0 Å². The van der Waals surface area contributed by atoms with Crippen molar-refractivity contribution < 1.29 is 23.5 Å². The zero-order valence-electron chi connectivity index (χ0n) is 11.9. The Balaban J connectivity index is 2.71. The zero-order chi connectivity index (χ0) is 15.4. The minimum atomic E-state index is -0.682. The molecule has 110 valence electrons. The number of esters is 2. The first-order chi connectivity index (χ1) is 10.1. The Bertz CT molecular complexity index is 664. The maximum Gasteiger partial charge on any atom is 0.341 e. The second-order valence-electron chi connectivity index (χ2n) is 4.07. The standard InChI is InChI=1S/C14H14N2O5/c1-4-20-14(18)11-10(13(17)19-3)8(2)15-16-12(11)9-6-5-7-21-9/h5-7H,4H2,1-3H3. The van der Waals surface area contributed by atoms with Gasteiger partial charge in [-0.25, -0.2) is 9.59 Å². The van der Waals surface area contributed by atoms with Crippen molar-refractivity contribution in [2.24, 2.45) is 0 Å². The molecule has 0 saturated carbocycles. The smallest absolute Gasteiger partial charge is 0.341 e. The van der Waals surface area contributed by atoms with Gasteiger partial charge in [0.05, 0.1) is 31.2 Å². The maximum absolute atomic E-state index is 12.2. The van der Waals surface area contributed by atoms with Crippen LogP contribution in [0.4, 0.5) is 0 Å².